The molecule has 0 atom stereocenters. The predicted molar refractivity (Wildman–Crippen MR) is 82.5 cm³/mol. The van der Waals surface area contributed by atoms with E-state index in [0.717, 1.165) is 34.1 Å². The summed E-state index contributed by atoms with van der Waals surface area (Å²) in [6.07, 6.45) is 2.59. The van der Waals surface area contributed by atoms with Crippen LogP contribution in [0.2, 0.25) is 0 Å². The fourth-order valence-corrected chi connectivity index (χ4v) is 3.07. The molecule has 0 spiro atoms. The second-order valence-electron chi connectivity index (χ2n) is 5.33. The van der Waals surface area contributed by atoms with Crippen molar-refractivity contribution in [1.82, 2.24) is 9.78 Å². The van der Waals surface area contributed by atoms with Gasteiger partial charge >= 0.3 is 0 Å². The molecule has 0 saturated heterocycles. The molecule has 0 fully saturated rings. The van der Waals surface area contributed by atoms with E-state index in [1.54, 1.807) is 6.20 Å². The lowest BCUT2D eigenvalue weighted by atomic mass is 10.1. The van der Waals surface area contributed by atoms with Crippen molar-refractivity contribution in [3.63, 3.8) is 0 Å². The van der Waals surface area contributed by atoms with Gasteiger partial charge < -0.3 is 4.90 Å². The first-order chi connectivity index (χ1) is 10.3. The van der Waals surface area contributed by atoms with E-state index in [4.69, 9.17) is 0 Å². The second kappa shape index (κ2) is 4.45. The van der Waals surface area contributed by atoms with E-state index in [2.05, 4.69) is 17.2 Å². The molecule has 4 heteroatoms. The van der Waals surface area contributed by atoms with Gasteiger partial charge in [0, 0.05) is 42.9 Å². The average molecular weight is 277 g/mol. The summed E-state index contributed by atoms with van der Waals surface area (Å²) in [5.74, 6) is 0.101. The molecule has 2 heterocycles. The number of aryl methyl sites for hydroxylation is 1. The minimum atomic E-state index is 0.101. The topological polar surface area (TPSA) is 38.1 Å². The van der Waals surface area contributed by atoms with Gasteiger partial charge in [-0.2, -0.15) is 5.10 Å². The maximum absolute atomic E-state index is 12.6. The molecule has 0 saturated carbocycles. The van der Waals surface area contributed by atoms with Crippen molar-refractivity contribution >= 4 is 22.4 Å². The molecule has 1 aromatic heterocycles. The number of carbonyl (C=O) groups excluding carboxylic acids is 1. The summed E-state index contributed by atoms with van der Waals surface area (Å²) < 4.78 is 1.86. The van der Waals surface area contributed by atoms with Crippen LogP contribution in [-0.4, -0.2) is 22.2 Å². The van der Waals surface area contributed by atoms with E-state index in [-0.39, 0.29) is 5.91 Å². The van der Waals surface area contributed by atoms with Crippen LogP contribution < -0.4 is 4.90 Å². The van der Waals surface area contributed by atoms with Crippen LogP contribution >= 0.6 is 0 Å². The standard InChI is InChI=1S/C17H15N3O/c1-19-13(8-10-18-19)9-11-20-15-7-3-5-12-4-2-6-14(16(12)15)17(20)21/h2-8,10H,9,11H2,1H3. The molecule has 2 aromatic carbocycles. The summed E-state index contributed by atoms with van der Waals surface area (Å²) in [6, 6.07) is 14.0. The van der Waals surface area contributed by atoms with Crippen molar-refractivity contribution in [1.29, 1.82) is 0 Å². The smallest absolute Gasteiger partial charge is 0.259 e. The van der Waals surface area contributed by atoms with Crippen molar-refractivity contribution in [2.24, 2.45) is 7.05 Å². The van der Waals surface area contributed by atoms with Crippen LogP contribution in [0.25, 0.3) is 10.8 Å². The maximum Gasteiger partial charge on any atom is 0.259 e. The van der Waals surface area contributed by atoms with E-state index in [1.165, 1.54) is 0 Å². The molecule has 0 aliphatic carbocycles. The van der Waals surface area contributed by atoms with Crippen LogP contribution in [0.1, 0.15) is 16.1 Å². The van der Waals surface area contributed by atoms with Gasteiger partial charge in [-0.1, -0.05) is 24.3 Å². The number of rotatable bonds is 3. The van der Waals surface area contributed by atoms with Gasteiger partial charge in [0.2, 0.25) is 0 Å². The molecule has 1 aliphatic heterocycles. The van der Waals surface area contributed by atoms with Gasteiger partial charge in [-0.05, 0) is 23.6 Å². The van der Waals surface area contributed by atoms with Gasteiger partial charge in [-0.3, -0.25) is 9.48 Å². The van der Waals surface area contributed by atoms with Crippen LogP contribution in [0, 0.1) is 0 Å². The third-order valence-electron chi connectivity index (χ3n) is 4.16. The summed E-state index contributed by atoms with van der Waals surface area (Å²) in [4.78, 5) is 14.5. The fourth-order valence-electron chi connectivity index (χ4n) is 3.07. The van der Waals surface area contributed by atoms with E-state index in [0.29, 0.717) is 6.54 Å². The lowest BCUT2D eigenvalue weighted by Crippen LogP contribution is -2.29. The highest BCUT2D eigenvalue weighted by molar-refractivity contribution is 6.24. The van der Waals surface area contributed by atoms with Crippen molar-refractivity contribution in [3.05, 3.63) is 59.9 Å². The van der Waals surface area contributed by atoms with Gasteiger partial charge in [0.1, 0.15) is 0 Å². The van der Waals surface area contributed by atoms with Crippen LogP contribution in [0.15, 0.2) is 48.7 Å². The molecule has 0 N–H and O–H groups in total. The van der Waals surface area contributed by atoms with Crippen LogP contribution in [0.4, 0.5) is 5.69 Å². The predicted octanol–water partition coefficient (Wildman–Crippen LogP) is 2.78. The molecule has 4 rings (SSSR count). The Labute approximate surface area is 122 Å². The molecule has 1 aliphatic rings. The third-order valence-corrected chi connectivity index (χ3v) is 4.16. The first kappa shape index (κ1) is 12.1. The molecule has 0 unspecified atom stereocenters. The Morgan fingerprint density at radius 1 is 1.10 bits per heavy atom. The minimum Gasteiger partial charge on any atom is -0.307 e. The molecular weight excluding hydrogens is 262 g/mol. The summed E-state index contributed by atoms with van der Waals surface area (Å²) in [5, 5.41) is 6.38. The fraction of sp³-hybridized carbons (Fsp3) is 0.176. The Hall–Kier alpha value is -2.62. The van der Waals surface area contributed by atoms with Crippen LogP contribution in [0.5, 0.6) is 0 Å². The Kier molecular flexibility index (Phi) is 2.57. The molecule has 104 valence electrons. The average Bonchev–Trinajstić information content (AvgIpc) is 3.02. The minimum absolute atomic E-state index is 0.101. The first-order valence-corrected chi connectivity index (χ1v) is 7.06. The molecule has 0 radical (unpaired) electrons. The maximum atomic E-state index is 12.6. The summed E-state index contributed by atoms with van der Waals surface area (Å²) >= 11 is 0. The quantitative estimate of drug-likeness (QED) is 0.738. The molecule has 1 amide bonds. The summed E-state index contributed by atoms with van der Waals surface area (Å²) in [6.45, 7) is 0.673. The van der Waals surface area contributed by atoms with E-state index in [9.17, 15) is 4.79 Å². The summed E-state index contributed by atoms with van der Waals surface area (Å²) in [5.41, 5.74) is 2.97. The number of amides is 1. The van der Waals surface area contributed by atoms with Crippen LogP contribution in [0.3, 0.4) is 0 Å². The number of carbonyl (C=O) groups is 1. The lowest BCUT2D eigenvalue weighted by Gasteiger charge is -2.17. The van der Waals surface area contributed by atoms with Gasteiger partial charge in [-0.15, -0.1) is 0 Å². The largest absolute Gasteiger partial charge is 0.307 e. The zero-order valence-corrected chi connectivity index (χ0v) is 11.8. The van der Waals surface area contributed by atoms with E-state index >= 15 is 0 Å². The number of benzene rings is 2. The number of hydrogen-bond acceptors (Lipinski definition) is 2. The number of anilines is 1. The van der Waals surface area contributed by atoms with E-state index in [1.807, 2.05) is 47.0 Å². The first-order valence-electron chi connectivity index (χ1n) is 7.06. The van der Waals surface area contributed by atoms with Crippen molar-refractivity contribution < 1.29 is 4.79 Å². The third kappa shape index (κ3) is 1.76. The lowest BCUT2D eigenvalue weighted by molar-refractivity contribution is 0.0993. The van der Waals surface area contributed by atoms with Gasteiger partial charge in [0.15, 0.2) is 0 Å². The zero-order valence-electron chi connectivity index (χ0n) is 11.8. The second-order valence-corrected chi connectivity index (χ2v) is 5.33. The van der Waals surface area contributed by atoms with Gasteiger partial charge in [-0.25, -0.2) is 0 Å². The number of hydrogen-bond donors (Lipinski definition) is 0. The Bertz CT molecular complexity index is 845. The zero-order chi connectivity index (χ0) is 14.4. The van der Waals surface area contributed by atoms with Crippen molar-refractivity contribution in [3.8, 4) is 0 Å². The van der Waals surface area contributed by atoms with Crippen molar-refractivity contribution in [2.45, 2.75) is 6.42 Å². The molecular formula is C17H15N3O. The van der Waals surface area contributed by atoms with E-state index < -0.39 is 0 Å². The van der Waals surface area contributed by atoms with Gasteiger partial charge in [0.05, 0.1) is 5.69 Å². The Balaban J connectivity index is 1.71. The highest BCUT2D eigenvalue weighted by Crippen LogP contribution is 2.37. The Morgan fingerprint density at radius 3 is 2.67 bits per heavy atom. The normalized spacial score (nSPS) is 13.4. The molecule has 0 bridgehead atoms. The molecule has 3 aromatic rings. The molecule has 21 heavy (non-hydrogen) atoms. The number of nitrogens with zero attached hydrogens (tertiary/aromatic N) is 3. The van der Waals surface area contributed by atoms with Crippen molar-refractivity contribution in [2.75, 3.05) is 11.4 Å². The Morgan fingerprint density at radius 2 is 1.90 bits per heavy atom. The van der Waals surface area contributed by atoms with Crippen LogP contribution in [-0.2, 0) is 13.5 Å². The van der Waals surface area contributed by atoms with Gasteiger partial charge in [0.25, 0.3) is 5.91 Å². The number of aromatic nitrogens is 2. The SMILES string of the molecule is Cn1nccc1CCN1C(=O)c2cccc3cccc1c23. The monoisotopic (exact) mass is 277 g/mol. The molecule has 4 nitrogen and oxygen atoms in total. The summed E-state index contributed by atoms with van der Waals surface area (Å²) in [7, 11) is 1.93. The highest BCUT2D eigenvalue weighted by Gasteiger charge is 2.29. The highest BCUT2D eigenvalue weighted by atomic mass is 16.2.